The van der Waals surface area contributed by atoms with Crippen LogP contribution in [0.5, 0.6) is 0 Å². The monoisotopic (exact) mass is 376 g/mol. The lowest BCUT2D eigenvalue weighted by Crippen LogP contribution is -2.31. The number of hydrogen-bond donors (Lipinski definition) is 1. The maximum absolute atomic E-state index is 12.1. The summed E-state index contributed by atoms with van der Waals surface area (Å²) in [4.78, 5) is 34.6. The van der Waals surface area contributed by atoms with Gasteiger partial charge in [-0.15, -0.1) is 0 Å². The molecule has 0 bridgehead atoms. The Morgan fingerprint density at radius 3 is 2.62 bits per heavy atom. The lowest BCUT2D eigenvalue weighted by atomic mass is 10.1. The summed E-state index contributed by atoms with van der Waals surface area (Å²) in [6, 6.07) is 11.0. The van der Waals surface area contributed by atoms with Crippen molar-refractivity contribution in [1.82, 2.24) is 5.32 Å². The Kier molecular flexibility index (Phi) is 6.30. The van der Waals surface area contributed by atoms with Crippen molar-refractivity contribution >= 4 is 29.2 Å². The van der Waals surface area contributed by atoms with Crippen molar-refractivity contribution < 1.29 is 19.2 Å². The summed E-state index contributed by atoms with van der Waals surface area (Å²) in [5.74, 6) is -1.45. The van der Waals surface area contributed by atoms with Crippen LogP contribution in [-0.4, -0.2) is 23.4 Å². The molecule has 0 aliphatic carbocycles. The molecule has 0 saturated heterocycles. The van der Waals surface area contributed by atoms with Gasteiger partial charge in [0, 0.05) is 10.6 Å². The number of ether oxygens (including phenoxy) is 1. The number of esters is 1. The van der Waals surface area contributed by atoms with Gasteiger partial charge in [0.05, 0.1) is 11.0 Å². The number of benzene rings is 2. The molecule has 0 aliphatic heterocycles. The van der Waals surface area contributed by atoms with Gasteiger partial charge in [0.15, 0.2) is 6.61 Å². The molecule has 2 aromatic carbocycles. The van der Waals surface area contributed by atoms with E-state index in [1.165, 1.54) is 25.1 Å². The summed E-state index contributed by atoms with van der Waals surface area (Å²) >= 11 is 5.91. The van der Waals surface area contributed by atoms with Crippen LogP contribution in [-0.2, 0) is 9.53 Å². The van der Waals surface area contributed by atoms with E-state index in [4.69, 9.17) is 16.3 Å². The van der Waals surface area contributed by atoms with Crippen molar-refractivity contribution in [2.24, 2.45) is 0 Å². The molecule has 0 heterocycles. The number of carbonyl (C=O) groups excluding carboxylic acids is 2. The van der Waals surface area contributed by atoms with E-state index in [-0.39, 0.29) is 17.3 Å². The fraction of sp³-hybridized carbons (Fsp3) is 0.222. The van der Waals surface area contributed by atoms with Crippen LogP contribution in [0.1, 0.15) is 34.5 Å². The molecule has 2 rings (SSSR count). The second kappa shape index (κ2) is 8.44. The van der Waals surface area contributed by atoms with Gasteiger partial charge in [-0.25, -0.2) is 4.79 Å². The van der Waals surface area contributed by atoms with Crippen molar-refractivity contribution in [3.63, 3.8) is 0 Å². The van der Waals surface area contributed by atoms with Crippen LogP contribution < -0.4 is 5.32 Å². The number of nitrogens with zero attached hydrogens (tertiary/aromatic N) is 1. The zero-order valence-electron chi connectivity index (χ0n) is 14.2. The minimum absolute atomic E-state index is 0.189. The predicted octanol–water partition coefficient (Wildman–Crippen LogP) is 3.59. The number of nitrogens with one attached hydrogen (secondary N) is 1. The summed E-state index contributed by atoms with van der Waals surface area (Å²) in [6.45, 7) is 2.74. The van der Waals surface area contributed by atoms with E-state index >= 15 is 0 Å². The molecule has 1 N–H and O–H groups in total. The highest BCUT2D eigenvalue weighted by Crippen LogP contribution is 2.23. The van der Waals surface area contributed by atoms with Crippen molar-refractivity contribution in [3.05, 3.63) is 74.3 Å². The highest BCUT2D eigenvalue weighted by atomic mass is 35.5. The fourth-order valence-corrected chi connectivity index (χ4v) is 2.62. The van der Waals surface area contributed by atoms with Gasteiger partial charge >= 0.3 is 5.97 Å². The maximum Gasteiger partial charge on any atom is 0.345 e. The first-order valence-electron chi connectivity index (χ1n) is 7.75. The van der Waals surface area contributed by atoms with E-state index in [9.17, 15) is 19.7 Å². The zero-order chi connectivity index (χ0) is 19.3. The molecule has 0 aromatic heterocycles. The number of rotatable bonds is 6. The van der Waals surface area contributed by atoms with Crippen LogP contribution in [0.15, 0.2) is 42.5 Å². The normalized spacial score (nSPS) is 11.5. The number of hydrogen-bond acceptors (Lipinski definition) is 5. The third-order valence-electron chi connectivity index (χ3n) is 3.70. The van der Waals surface area contributed by atoms with Crippen LogP contribution >= 0.6 is 11.6 Å². The van der Waals surface area contributed by atoms with E-state index in [2.05, 4.69) is 5.32 Å². The highest BCUT2D eigenvalue weighted by molar-refractivity contribution is 6.30. The highest BCUT2D eigenvalue weighted by Gasteiger charge is 2.24. The Bertz CT molecular complexity index is 853. The first-order chi connectivity index (χ1) is 12.3. The first-order valence-corrected chi connectivity index (χ1v) is 8.13. The third-order valence-corrected chi connectivity index (χ3v) is 3.94. The van der Waals surface area contributed by atoms with Crippen LogP contribution in [0.2, 0.25) is 5.02 Å². The number of aryl methyl sites for hydroxylation is 1. The molecule has 1 atom stereocenters. The molecule has 0 spiro atoms. The first kappa shape index (κ1) is 19.4. The van der Waals surface area contributed by atoms with Crippen LogP contribution in [0, 0.1) is 17.0 Å². The largest absolute Gasteiger partial charge is 0.452 e. The average molecular weight is 377 g/mol. The molecular weight excluding hydrogens is 360 g/mol. The number of halogens is 1. The number of carbonyl (C=O) groups is 2. The molecule has 2 aromatic rings. The topological polar surface area (TPSA) is 98.5 Å². The van der Waals surface area contributed by atoms with Gasteiger partial charge in [-0.3, -0.25) is 14.9 Å². The molecule has 8 heteroatoms. The summed E-state index contributed by atoms with van der Waals surface area (Å²) in [5.41, 5.74) is 0.617. The summed E-state index contributed by atoms with van der Waals surface area (Å²) in [7, 11) is 0. The van der Waals surface area contributed by atoms with Crippen molar-refractivity contribution in [2.75, 3.05) is 6.61 Å². The van der Waals surface area contributed by atoms with Gasteiger partial charge < -0.3 is 10.1 Å². The Hall–Kier alpha value is -2.93. The van der Waals surface area contributed by atoms with Crippen molar-refractivity contribution in [3.8, 4) is 0 Å². The molecule has 26 heavy (non-hydrogen) atoms. The number of nitro benzene ring substituents is 1. The number of nitro groups is 1. The smallest absolute Gasteiger partial charge is 0.345 e. The molecule has 7 nitrogen and oxygen atoms in total. The summed E-state index contributed by atoms with van der Waals surface area (Å²) < 4.78 is 4.91. The van der Waals surface area contributed by atoms with E-state index in [0.29, 0.717) is 10.6 Å². The fourth-order valence-electron chi connectivity index (χ4n) is 2.42. The molecule has 1 amide bonds. The Labute approximate surface area is 155 Å². The molecular formula is C18H17ClN2O5. The van der Waals surface area contributed by atoms with Gasteiger partial charge in [-0.2, -0.15) is 0 Å². The molecule has 0 aliphatic rings. The van der Waals surface area contributed by atoms with E-state index in [1.54, 1.807) is 31.2 Å². The number of amides is 1. The van der Waals surface area contributed by atoms with Crippen LogP contribution in [0.3, 0.4) is 0 Å². The van der Waals surface area contributed by atoms with Crippen molar-refractivity contribution in [1.29, 1.82) is 0 Å². The standard InChI is InChI=1S/C18H17ClN2O5/c1-11-5-3-8-15(17(11)21(24)25)18(23)26-10-16(22)20-12(2)13-6-4-7-14(19)9-13/h3-9,12H,10H2,1-2H3,(H,20,22)/t12-/m0/s1. The summed E-state index contributed by atoms with van der Waals surface area (Å²) in [6.07, 6.45) is 0. The van der Waals surface area contributed by atoms with Crippen LogP contribution in [0.4, 0.5) is 5.69 Å². The predicted molar refractivity (Wildman–Crippen MR) is 96.1 cm³/mol. The summed E-state index contributed by atoms with van der Waals surface area (Å²) in [5, 5.41) is 14.3. The lowest BCUT2D eigenvalue weighted by molar-refractivity contribution is -0.385. The van der Waals surface area contributed by atoms with E-state index < -0.39 is 23.4 Å². The molecule has 0 unspecified atom stereocenters. The van der Waals surface area contributed by atoms with Gasteiger partial charge in [-0.1, -0.05) is 35.9 Å². The maximum atomic E-state index is 12.1. The van der Waals surface area contributed by atoms with Gasteiger partial charge in [0.25, 0.3) is 11.6 Å². The SMILES string of the molecule is Cc1cccc(C(=O)OCC(=O)N[C@@H](C)c2cccc(Cl)c2)c1[N+](=O)[O-]. The lowest BCUT2D eigenvalue weighted by Gasteiger charge is -2.14. The van der Waals surface area contributed by atoms with Gasteiger partial charge in [0.2, 0.25) is 0 Å². The third kappa shape index (κ3) is 4.80. The molecule has 136 valence electrons. The zero-order valence-corrected chi connectivity index (χ0v) is 14.9. The second-order valence-electron chi connectivity index (χ2n) is 5.65. The van der Waals surface area contributed by atoms with Crippen LogP contribution in [0.25, 0.3) is 0 Å². The molecule has 0 radical (unpaired) electrons. The molecule has 0 fully saturated rings. The number of para-hydroxylation sites is 1. The minimum atomic E-state index is -0.925. The molecule has 0 saturated carbocycles. The van der Waals surface area contributed by atoms with Crippen molar-refractivity contribution in [2.45, 2.75) is 19.9 Å². The van der Waals surface area contributed by atoms with Gasteiger partial charge in [0.1, 0.15) is 5.56 Å². The Morgan fingerprint density at radius 1 is 1.27 bits per heavy atom. The van der Waals surface area contributed by atoms with E-state index in [0.717, 1.165) is 5.56 Å². The van der Waals surface area contributed by atoms with Gasteiger partial charge in [-0.05, 0) is 37.6 Å². The Morgan fingerprint density at radius 2 is 1.96 bits per heavy atom. The Balaban J connectivity index is 1.98. The minimum Gasteiger partial charge on any atom is -0.452 e. The van der Waals surface area contributed by atoms with E-state index in [1.807, 2.05) is 0 Å². The quantitative estimate of drug-likeness (QED) is 0.472. The second-order valence-corrected chi connectivity index (χ2v) is 6.08. The average Bonchev–Trinajstić information content (AvgIpc) is 2.59.